The van der Waals surface area contributed by atoms with Gasteiger partial charge in [-0.05, 0) is 36.4 Å². The number of anilines is 1. The fourth-order valence-electron chi connectivity index (χ4n) is 3.18. The van der Waals surface area contributed by atoms with E-state index in [0.717, 1.165) is 6.07 Å². The number of nitriles is 1. The number of halogens is 1. The van der Waals surface area contributed by atoms with Gasteiger partial charge < -0.3 is 10.3 Å². The van der Waals surface area contributed by atoms with Gasteiger partial charge in [0.1, 0.15) is 6.07 Å². The summed E-state index contributed by atoms with van der Waals surface area (Å²) in [5, 5.41) is 12.3. The van der Waals surface area contributed by atoms with Crippen LogP contribution in [-0.4, -0.2) is 36.7 Å². The van der Waals surface area contributed by atoms with E-state index in [4.69, 9.17) is 16.9 Å². The molecule has 0 aliphatic heterocycles. The number of fused-ring (bicyclic) bond motifs is 1. The standard InChI is InChI=1S/C21H19ClN4O4S/c1-3-26(4-2)31(29,30)15-6-8-19-16(10-15)17(11-20(27)25-19)21(28)24-14-5-7-18(22)13(9-14)12-23/h5-11H,3-4H2,1-2H3,(H,24,28)(H,25,27). The first-order valence-corrected chi connectivity index (χ1v) is 11.2. The van der Waals surface area contributed by atoms with E-state index < -0.39 is 21.5 Å². The smallest absolute Gasteiger partial charge is 0.256 e. The van der Waals surface area contributed by atoms with Gasteiger partial charge in [0.05, 0.1) is 21.0 Å². The summed E-state index contributed by atoms with van der Waals surface area (Å²) in [5.74, 6) is -0.625. The third-order valence-electron chi connectivity index (χ3n) is 4.75. The van der Waals surface area contributed by atoms with Crippen LogP contribution in [0.3, 0.4) is 0 Å². The summed E-state index contributed by atoms with van der Waals surface area (Å²) in [4.78, 5) is 27.6. The number of rotatable bonds is 6. The molecule has 0 unspecified atom stereocenters. The maximum atomic E-state index is 12.9. The number of nitrogens with one attached hydrogen (secondary N) is 2. The Labute approximate surface area is 184 Å². The second-order valence-electron chi connectivity index (χ2n) is 6.60. The predicted octanol–water partition coefficient (Wildman–Crippen LogP) is 3.34. The minimum atomic E-state index is -3.76. The van der Waals surface area contributed by atoms with Gasteiger partial charge in [-0.1, -0.05) is 25.4 Å². The summed E-state index contributed by atoms with van der Waals surface area (Å²) in [6.07, 6.45) is 0. The topological polar surface area (TPSA) is 123 Å². The van der Waals surface area contributed by atoms with Crippen molar-refractivity contribution in [1.29, 1.82) is 5.26 Å². The second kappa shape index (κ2) is 8.89. The molecular formula is C21H19ClN4O4S. The molecule has 0 spiro atoms. The first-order valence-electron chi connectivity index (χ1n) is 9.39. The first kappa shape index (κ1) is 22.5. The van der Waals surface area contributed by atoms with Crippen LogP contribution in [0.4, 0.5) is 5.69 Å². The van der Waals surface area contributed by atoms with E-state index in [1.54, 1.807) is 13.8 Å². The fraction of sp³-hybridized carbons (Fsp3) is 0.190. The lowest BCUT2D eigenvalue weighted by molar-refractivity contribution is 0.102. The molecule has 0 saturated carbocycles. The molecule has 160 valence electrons. The lowest BCUT2D eigenvalue weighted by atomic mass is 10.1. The van der Waals surface area contributed by atoms with Crippen molar-refractivity contribution in [1.82, 2.24) is 9.29 Å². The lowest BCUT2D eigenvalue weighted by Gasteiger charge is -2.19. The minimum absolute atomic E-state index is 0.00352. The number of hydrogen-bond acceptors (Lipinski definition) is 5. The fourth-order valence-corrected chi connectivity index (χ4v) is 4.83. The second-order valence-corrected chi connectivity index (χ2v) is 8.95. The molecule has 2 aromatic carbocycles. The molecule has 0 radical (unpaired) electrons. The van der Waals surface area contributed by atoms with Crippen LogP contribution in [0.1, 0.15) is 29.8 Å². The number of amides is 1. The van der Waals surface area contributed by atoms with Crippen molar-refractivity contribution in [3.05, 3.63) is 69.0 Å². The first-order chi connectivity index (χ1) is 14.7. The van der Waals surface area contributed by atoms with Gasteiger partial charge in [0.25, 0.3) is 5.91 Å². The molecule has 0 bridgehead atoms. The number of benzene rings is 2. The molecular weight excluding hydrogens is 440 g/mol. The number of hydrogen-bond donors (Lipinski definition) is 2. The third kappa shape index (κ3) is 4.46. The molecule has 1 heterocycles. The maximum Gasteiger partial charge on any atom is 0.256 e. The van der Waals surface area contributed by atoms with Gasteiger partial charge in [0.2, 0.25) is 15.6 Å². The molecule has 0 atom stereocenters. The van der Waals surface area contributed by atoms with E-state index in [9.17, 15) is 18.0 Å². The molecule has 0 fully saturated rings. The number of carbonyl (C=O) groups excluding carboxylic acids is 1. The van der Waals surface area contributed by atoms with Crippen molar-refractivity contribution < 1.29 is 13.2 Å². The average Bonchev–Trinajstić information content (AvgIpc) is 2.74. The third-order valence-corrected chi connectivity index (χ3v) is 7.12. The van der Waals surface area contributed by atoms with Gasteiger partial charge in [-0.3, -0.25) is 9.59 Å². The molecule has 10 heteroatoms. The van der Waals surface area contributed by atoms with Crippen LogP contribution >= 0.6 is 11.6 Å². The molecule has 3 aromatic rings. The highest BCUT2D eigenvalue weighted by atomic mass is 35.5. The predicted molar refractivity (Wildman–Crippen MR) is 119 cm³/mol. The molecule has 0 aliphatic rings. The molecule has 1 amide bonds. The van der Waals surface area contributed by atoms with Crippen LogP contribution < -0.4 is 10.9 Å². The van der Waals surface area contributed by atoms with E-state index in [-0.39, 0.29) is 26.4 Å². The van der Waals surface area contributed by atoms with Gasteiger partial charge >= 0.3 is 0 Å². The molecule has 0 saturated heterocycles. The summed E-state index contributed by atoms with van der Waals surface area (Å²) in [6.45, 7) is 4.07. The Kier molecular flexibility index (Phi) is 6.45. The number of pyridine rings is 1. The van der Waals surface area contributed by atoms with Crippen LogP contribution in [0, 0.1) is 11.3 Å². The lowest BCUT2D eigenvalue weighted by Crippen LogP contribution is -2.30. The van der Waals surface area contributed by atoms with Crippen LogP contribution in [0.25, 0.3) is 10.9 Å². The highest BCUT2D eigenvalue weighted by Gasteiger charge is 2.23. The quantitative estimate of drug-likeness (QED) is 0.586. The van der Waals surface area contributed by atoms with Crippen molar-refractivity contribution >= 4 is 44.1 Å². The van der Waals surface area contributed by atoms with Crippen molar-refractivity contribution in [3.8, 4) is 6.07 Å². The molecule has 31 heavy (non-hydrogen) atoms. The van der Waals surface area contributed by atoms with Gasteiger partial charge in [-0.15, -0.1) is 0 Å². The number of H-pyrrole nitrogens is 1. The minimum Gasteiger partial charge on any atom is -0.322 e. The zero-order chi connectivity index (χ0) is 22.8. The van der Waals surface area contributed by atoms with E-state index in [1.165, 1.54) is 40.7 Å². The summed E-state index contributed by atoms with van der Waals surface area (Å²) >= 11 is 5.92. The molecule has 2 N–H and O–H groups in total. The van der Waals surface area contributed by atoms with Crippen molar-refractivity contribution in [2.75, 3.05) is 18.4 Å². The molecule has 1 aromatic heterocycles. The summed E-state index contributed by atoms with van der Waals surface area (Å²) in [7, 11) is -3.76. The highest BCUT2D eigenvalue weighted by molar-refractivity contribution is 7.89. The van der Waals surface area contributed by atoms with E-state index >= 15 is 0 Å². The normalized spacial score (nSPS) is 11.5. The van der Waals surface area contributed by atoms with Gasteiger partial charge in [0.15, 0.2) is 0 Å². The van der Waals surface area contributed by atoms with Crippen LogP contribution in [0.5, 0.6) is 0 Å². The van der Waals surface area contributed by atoms with Crippen molar-refractivity contribution in [2.45, 2.75) is 18.7 Å². The molecule has 0 aliphatic carbocycles. The Morgan fingerprint density at radius 2 is 1.87 bits per heavy atom. The monoisotopic (exact) mass is 458 g/mol. The summed E-state index contributed by atoms with van der Waals surface area (Å²) in [5.41, 5.74) is 0.314. The maximum absolute atomic E-state index is 12.9. The zero-order valence-corrected chi connectivity index (χ0v) is 18.3. The number of nitrogens with zero attached hydrogens (tertiary/aromatic N) is 2. The van der Waals surface area contributed by atoms with Gasteiger partial charge in [-0.25, -0.2) is 8.42 Å². The Morgan fingerprint density at radius 1 is 1.16 bits per heavy atom. The largest absolute Gasteiger partial charge is 0.322 e. The number of aromatic amines is 1. The van der Waals surface area contributed by atoms with E-state index in [0.29, 0.717) is 24.3 Å². The van der Waals surface area contributed by atoms with Crippen molar-refractivity contribution in [3.63, 3.8) is 0 Å². The highest BCUT2D eigenvalue weighted by Crippen LogP contribution is 2.24. The van der Waals surface area contributed by atoms with Gasteiger partial charge in [-0.2, -0.15) is 9.57 Å². The van der Waals surface area contributed by atoms with Crippen molar-refractivity contribution in [2.24, 2.45) is 0 Å². The zero-order valence-electron chi connectivity index (χ0n) is 16.8. The Balaban J connectivity index is 2.10. The molecule has 3 rings (SSSR count). The number of carbonyl (C=O) groups is 1. The van der Waals surface area contributed by atoms with E-state index in [1.807, 2.05) is 6.07 Å². The van der Waals surface area contributed by atoms with E-state index in [2.05, 4.69) is 10.3 Å². The van der Waals surface area contributed by atoms with Crippen LogP contribution in [0.2, 0.25) is 5.02 Å². The van der Waals surface area contributed by atoms with Crippen LogP contribution in [-0.2, 0) is 10.0 Å². The summed E-state index contributed by atoms with van der Waals surface area (Å²) < 4.78 is 27.1. The number of sulfonamides is 1. The Bertz CT molecular complexity index is 1370. The molecule has 8 nitrogen and oxygen atoms in total. The Hall–Kier alpha value is -3.19. The van der Waals surface area contributed by atoms with Crippen LogP contribution in [0.15, 0.2) is 52.2 Å². The summed E-state index contributed by atoms with van der Waals surface area (Å²) in [6, 6.07) is 11.7. The van der Waals surface area contributed by atoms with Gasteiger partial charge in [0, 0.05) is 35.7 Å². The average molecular weight is 459 g/mol. The number of aromatic nitrogens is 1. The Morgan fingerprint density at radius 3 is 2.52 bits per heavy atom. The SMILES string of the molecule is CCN(CC)S(=O)(=O)c1ccc2[nH]c(=O)cc(C(=O)Nc3ccc(Cl)c(C#N)c3)c2c1.